The van der Waals surface area contributed by atoms with Gasteiger partial charge in [0, 0.05) is 18.3 Å². The second kappa shape index (κ2) is 8.23. The van der Waals surface area contributed by atoms with Gasteiger partial charge >= 0.3 is 0 Å². The summed E-state index contributed by atoms with van der Waals surface area (Å²) in [5.74, 6) is 0.929. The lowest BCUT2D eigenvalue weighted by molar-refractivity contribution is 0.0603. The number of benzene rings is 1. The molecule has 1 aliphatic rings. The molecule has 6 nitrogen and oxygen atoms in total. The normalized spacial score (nSPS) is 16.9. The number of methoxy groups -OCH3 is 1. The molecule has 0 bridgehead atoms. The van der Waals surface area contributed by atoms with E-state index in [1.807, 2.05) is 36.9 Å². The second-order valence-electron chi connectivity index (χ2n) is 7.80. The number of piperidine rings is 1. The van der Waals surface area contributed by atoms with E-state index in [0.717, 1.165) is 55.5 Å². The Morgan fingerprint density at radius 3 is 2.97 bits per heavy atom. The number of pyridine rings is 1. The van der Waals surface area contributed by atoms with Crippen molar-refractivity contribution in [3.05, 3.63) is 52.8 Å². The summed E-state index contributed by atoms with van der Waals surface area (Å²) < 4.78 is 10.7. The summed E-state index contributed by atoms with van der Waals surface area (Å²) in [4.78, 5) is 20.0. The summed E-state index contributed by atoms with van der Waals surface area (Å²) >= 11 is 0. The zero-order chi connectivity index (χ0) is 20.4. The van der Waals surface area contributed by atoms with Gasteiger partial charge in [-0.3, -0.25) is 4.79 Å². The van der Waals surface area contributed by atoms with Gasteiger partial charge in [0.15, 0.2) is 0 Å². The Kier molecular flexibility index (Phi) is 5.51. The number of fused-ring (bicyclic) bond motifs is 1. The van der Waals surface area contributed by atoms with Crippen LogP contribution >= 0.6 is 0 Å². The largest absolute Gasteiger partial charge is 0.497 e. The molecule has 0 saturated carbocycles. The summed E-state index contributed by atoms with van der Waals surface area (Å²) in [5.41, 5.74) is 3.80. The van der Waals surface area contributed by atoms with Gasteiger partial charge in [0.2, 0.25) is 0 Å². The number of nitrogens with zero attached hydrogens (tertiary/aromatic N) is 3. The zero-order valence-electron chi connectivity index (χ0n) is 17.3. The Labute approximate surface area is 170 Å². The average Bonchev–Trinajstić information content (AvgIpc) is 3.12. The first-order valence-corrected chi connectivity index (χ1v) is 10.2. The lowest BCUT2D eigenvalue weighted by Gasteiger charge is -2.36. The van der Waals surface area contributed by atoms with Crippen LogP contribution in [0.5, 0.6) is 5.75 Å². The predicted octanol–water partition coefficient (Wildman–Crippen LogP) is 4.48. The monoisotopic (exact) mass is 393 g/mol. The third-order valence-corrected chi connectivity index (χ3v) is 5.76. The summed E-state index contributed by atoms with van der Waals surface area (Å²) in [6.45, 7) is 4.52. The molecule has 1 fully saturated rings. The molecule has 29 heavy (non-hydrogen) atoms. The minimum absolute atomic E-state index is 0.0575. The van der Waals surface area contributed by atoms with Crippen LogP contribution in [0.2, 0.25) is 0 Å². The zero-order valence-corrected chi connectivity index (χ0v) is 17.3. The quantitative estimate of drug-likeness (QED) is 0.639. The molecule has 4 rings (SSSR count). The molecule has 1 amide bonds. The van der Waals surface area contributed by atoms with Crippen LogP contribution in [0.25, 0.3) is 11.1 Å². The van der Waals surface area contributed by atoms with Crippen molar-refractivity contribution in [3.63, 3.8) is 0 Å². The first kappa shape index (κ1) is 19.4. The molecule has 0 spiro atoms. The fourth-order valence-electron chi connectivity index (χ4n) is 4.27. The predicted molar refractivity (Wildman–Crippen MR) is 111 cm³/mol. The Balaban J connectivity index is 1.57. The number of carbonyl (C=O) groups excluding carboxylic acids is 1. The highest BCUT2D eigenvalue weighted by Crippen LogP contribution is 2.28. The molecule has 0 N–H and O–H groups in total. The van der Waals surface area contributed by atoms with E-state index in [1.165, 1.54) is 5.56 Å². The molecule has 1 aliphatic heterocycles. The van der Waals surface area contributed by atoms with E-state index < -0.39 is 0 Å². The van der Waals surface area contributed by atoms with Gasteiger partial charge in [-0.05, 0) is 69.7 Å². The number of aryl methyl sites for hydroxylation is 3. The third kappa shape index (κ3) is 3.97. The summed E-state index contributed by atoms with van der Waals surface area (Å²) in [7, 11) is 1.69. The summed E-state index contributed by atoms with van der Waals surface area (Å²) in [6.07, 6.45) is 5.09. The van der Waals surface area contributed by atoms with Crippen LogP contribution in [0, 0.1) is 13.8 Å². The Morgan fingerprint density at radius 1 is 1.28 bits per heavy atom. The van der Waals surface area contributed by atoms with Crippen LogP contribution in [0.15, 0.2) is 34.9 Å². The maximum Gasteiger partial charge on any atom is 0.258 e. The van der Waals surface area contributed by atoms with Gasteiger partial charge in [-0.15, -0.1) is 0 Å². The Morgan fingerprint density at radius 2 is 2.14 bits per heavy atom. The number of amides is 1. The van der Waals surface area contributed by atoms with E-state index in [1.54, 1.807) is 7.11 Å². The van der Waals surface area contributed by atoms with Crippen LogP contribution in [0.1, 0.15) is 53.0 Å². The molecule has 0 radical (unpaired) electrons. The van der Waals surface area contributed by atoms with Crippen molar-refractivity contribution >= 4 is 17.0 Å². The highest BCUT2D eigenvalue weighted by Gasteiger charge is 2.29. The van der Waals surface area contributed by atoms with Gasteiger partial charge in [-0.25, -0.2) is 4.98 Å². The highest BCUT2D eigenvalue weighted by molar-refractivity contribution is 6.06. The molecule has 3 heterocycles. The minimum atomic E-state index is 0.0575. The number of hydrogen-bond acceptors (Lipinski definition) is 5. The van der Waals surface area contributed by atoms with E-state index in [-0.39, 0.29) is 11.9 Å². The molecule has 1 aromatic carbocycles. The molecule has 2 aromatic heterocycles. The topological polar surface area (TPSA) is 68.5 Å². The maximum atomic E-state index is 13.5. The summed E-state index contributed by atoms with van der Waals surface area (Å²) in [6, 6.07) is 10.3. The first-order valence-electron chi connectivity index (χ1n) is 10.2. The van der Waals surface area contributed by atoms with Gasteiger partial charge in [0.1, 0.15) is 5.75 Å². The van der Waals surface area contributed by atoms with Crippen LogP contribution in [-0.4, -0.2) is 40.6 Å². The molecular weight excluding hydrogens is 366 g/mol. The van der Waals surface area contributed by atoms with Crippen molar-refractivity contribution in [1.82, 2.24) is 15.0 Å². The number of aromatic nitrogens is 2. The van der Waals surface area contributed by atoms with Crippen LogP contribution in [-0.2, 0) is 6.42 Å². The van der Waals surface area contributed by atoms with Gasteiger partial charge in [0.05, 0.1) is 23.8 Å². The summed E-state index contributed by atoms with van der Waals surface area (Å²) in [5, 5.41) is 4.75. The van der Waals surface area contributed by atoms with E-state index >= 15 is 0 Å². The fraction of sp³-hybridized carbons (Fsp3) is 0.435. The van der Waals surface area contributed by atoms with Crippen LogP contribution in [0.3, 0.4) is 0 Å². The molecule has 0 unspecified atom stereocenters. The van der Waals surface area contributed by atoms with Crippen molar-refractivity contribution in [2.45, 2.75) is 52.0 Å². The maximum absolute atomic E-state index is 13.5. The van der Waals surface area contributed by atoms with Gasteiger partial charge in [-0.1, -0.05) is 17.3 Å². The smallest absolute Gasteiger partial charge is 0.258 e. The van der Waals surface area contributed by atoms with Crippen molar-refractivity contribution < 1.29 is 14.1 Å². The third-order valence-electron chi connectivity index (χ3n) is 5.76. The van der Waals surface area contributed by atoms with E-state index in [9.17, 15) is 4.79 Å². The standard InChI is InChI=1S/C23H27N3O3/c1-15-13-20(21-16(2)25-29-22(21)24-15)23(27)26-12-5-4-8-18(26)11-10-17-7-6-9-19(14-17)28-3/h6-7,9,13-14,18H,4-5,8,10-12H2,1-3H3/t18-/m1/s1. The second-order valence-corrected chi connectivity index (χ2v) is 7.80. The minimum Gasteiger partial charge on any atom is -0.497 e. The lowest BCUT2D eigenvalue weighted by Crippen LogP contribution is -2.44. The van der Waals surface area contributed by atoms with Crippen LogP contribution in [0.4, 0.5) is 0 Å². The molecule has 152 valence electrons. The van der Waals surface area contributed by atoms with Crippen molar-refractivity contribution in [3.8, 4) is 5.75 Å². The molecule has 3 aromatic rings. The number of likely N-dealkylation sites (tertiary alicyclic amines) is 1. The SMILES string of the molecule is COc1cccc(CC[C@H]2CCCCN2C(=O)c2cc(C)nc3onc(C)c23)c1. The number of carbonyl (C=O) groups is 1. The molecule has 0 aliphatic carbocycles. The van der Waals surface area contributed by atoms with Gasteiger partial charge < -0.3 is 14.2 Å². The van der Waals surface area contributed by atoms with E-state index in [2.05, 4.69) is 22.3 Å². The average molecular weight is 393 g/mol. The van der Waals surface area contributed by atoms with Crippen molar-refractivity contribution in [1.29, 1.82) is 0 Å². The number of rotatable bonds is 5. The van der Waals surface area contributed by atoms with Gasteiger partial charge in [-0.2, -0.15) is 0 Å². The number of ether oxygens (including phenoxy) is 1. The van der Waals surface area contributed by atoms with Gasteiger partial charge in [0.25, 0.3) is 11.6 Å². The molecule has 6 heteroatoms. The van der Waals surface area contributed by atoms with Crippen molar-refractivity contribution in [2.24, 2.45) is 0 Å². The lowest BCUT2D eigenvalue weighted by atomic mass is 9.94. The number of hydrogen-bond donors (Lipinski definition) is 0. The van der Waals surface area contributed by atoms with E-state index in [0.29, 0.717) is 17.0 Å². The van der Waals surface area contributed by atoms with Crippen molar-refractivity contribution in [2.75, 3.05) is 13.7 Å². The Hall–Kier alpha value is -2.89. The molecule has 1 saturated heterocycles. The Bertz CT molecular complexity index is 1030. The van der Waals surface area contributed by atoms with Crippen LogP contribution < -0.4 is 4.74 Å². The highest BCUT2D eigenvalue weighted by atomic mass is 16.5. The van der Waals surface area contributed by atoms with E-state index in [4.69, 9.17) is 9.26 Å². The first-order chi connectivity index (χ1) is 14.1. The molecular formula is C23H27N3O3. The molecule has 1 atom stereocenters. The fourth-order valence-corrected chi connectivity index (χ4v) is 4.27.